The molecule has 4 N–H and O–H groups in total. The van der Waals surface area contributed by atoms with Crippen LogP contribution in [0.25, 0.3) is 0 Å². The fourth-order valence-electron chi connectivity index (χ4n) is 1.87. The summed E-state index contributed by atoms with van der Waals surface area (Å²) >= 11 is 0. The van der Waals surface area contributed by atoms with Gasteiger partial charge in [-0.25, -0.2) is 4.98 Å². The number of H-pyrrole nitrogens is 1. The van der Waals surface area contributed by atoms with Crippen LogP contribution in [0.1, 0.15) is 18.5 Å². The second-order valence-corrected chi connectivity index (χ2v) is 4.35. The molecule has 0 unspecified atom stereocenters. The molecule has 1 aromatic heterocycles. The monoisotopic (exact) mass is 238 g/mol. The second-order valence-electron chi connectivity index (χ2n) is 4.35. The van der Waals surface area contributed by atoms with Gasteiger partial charge in [0.25, 0.3) is 0 Å². The zero-order chi connectivity index (χ0) is 12.1. The molecule has 2 rings (SSSR count). The minimum Gasteiger partial charge on any atom is -0.381 e. The van der Waals surface area contributed by atoms with Crippen molar-refractivity contribution < 1.29 is 9.53 Å². The predicted molar refractivity (Wildman–Crippen MR) is 62.3 cm³/mol. The molecule has 0 bridgehead atoms. The van der Waals surface area contributed by atoms with Crippen LogP contribution in [0.3, 0.4) is 0 Å². The lowest BCUT2D eigenvalue weighted by Crippen LogP contribution is -2.57. The van der Waals surface area contributed by atoms with Crippen molar-refractivity contribution in [3.63, 3.8) is 0 Å². The first kappa shape index (κ1) is 12.1. The molecule has 0 aliphatic carbocycles. The zero-order valence-electron chi connectivity index (χ0n) is 9.74. The maximum atomic E-state index is 11.9. The van der Waals surface area contributed by atoms with Crippen LogP contribution < -0.4 is 11.1 Å². The zero-order valence-corrected chi connectivity index (χ0v) is 9.74. The quantitative estimate of drug-likeness (QED) is 0.664. The van der Waals surface area contributed by atoms with Crippen LogP contribution in [0.2, 0.25) is 0 Å². The number of nitrogens with two attached hydrogens (primary N) is 1. The normalized spacial score (nSPS) is 18.9. The first-order valence-corrected chi connectivity index (χ1v) is 5.83. The number of aromatic amines is 1. The summed E-state index contributed by atoms with van der Waals surface area (Å²) in [6.45, 7) is 1.69. The first-order chi connectivity index (χ1) is 8.21. The Balaban J connectivity index is 1.76. The first-order valence-electron chi connectivity index (χ1n) is 5.83. The maximum Gasteiger partial charge on any atom is 0.240 e. The number of amides is 1. The molecule has 0 spiro atoms. The average Bonchev–Trinajstić information content (AvgIpc) is 2.83. The van der Waals surface area contributed by atoms with Crippen molar-refractivity contribution >= 4 is 5.91 Å². The van der Waals surface area contributed by atoms with Gasteiger partial charge in [0.05, 0.1) is 11.9 Å². The van der Waals surface area contributed by atoms with E-state index < -0.39 is 5.54 Å². The smallest absolute Gasteiger partial charge is 0.240 e. The largest absolute Gasteiger partial charge is 0.381 e. The molecule has 94 valence electrons. The molecule has 1 amide bonds. The number of imidazole rings is 1. The lowest BCUT2D eigenvalue weighted by molar-refractivity contribution is -0.129. The van der Waals surface area contributed by atoms with Crippen LogP contribution in [0.4, 0.5) is 0 Å². The van der Waals surface area contributed by atoms with E-state index in [1.807, 2.05) is 0 Å². The van der Waals surface area contributed by atoms with Crippen molar-refractivity contribution in [2.45, 2.75) is 24.8 Å². The minimum absolute atomic E-state index is 0.0830. The van der Waals surface area contributed by atoms with Gasteiger partial charge in [0.2, 0.25) is 5.91 Å². The predicted octanol–water partition coefficient (Wildman–Crippen LogP) is -0.424. The molecule has 2 heterocycles. The summed E-state index contributed by atoms with van der Waals surface area (Å²) in [5, 5.41) is 2.86. The molecule has 1 aliphatic rings. The fraction of sp³-hybridized carbons (Fsp3) is 0.636. The average molecular weight is 238 g/mol. The topological polar surface area (TPSA) is 93.0 Å². The van der Waals surface area contributed by atoms with Gasteiger partial charge in [-0.2, -0.15) is 0 Å². The second kappa shape index (κ2) is 5.29. The maximum absolute atomic E-state index is 11.9. The van der Waals surface area contributed by atoms with E-state index in [1.165, 1.54) is 0 Å². The Bertz CT molecular complexity index is 358. The summed E-state index contributed by atoms with van der Waals surface area (Å²) in [4.78, 5) is 18.8. The molecule has 0 atom stereocenters. The summed E-state index contributed by atoms with van der Waals surface area (Å²) in [5.41, 5.74) is 6.30. The van der Waals surface area contributed by atoms with E-state index in [0.717, 1.165) is 12.1 Å². The number of hydrogen-bond donors (Lipinski definition) is 3. The third kappa shape index (κ3) is 3.04. The number of hydrogen-bond acceptors (Lipinski definition) is 4. The van der Waals surface area contributed by atoms with Crippen LogP contribution in [-0.4, -0.2) is 41.2 Å². The number of nitrogens with zero attached hydrogens (tertiary/aromatic N) is 1. The van der Waals surface area contributed by atoms with E-state index in [4.69, 9.17) is 10.5 Å². The van der Waals surface area contributed by atoms with E-state index in [2.05, 4.69) is 15.3 Å². The lowest BCUT2D eigenvalue weighted by atomic mass is 9.90. The van der Waals surface area contributed by atoms with Crippen molar-refractivity contribution in [1.82, 2.24) is 15.3 Å². The fourth-order valence-corrected chi connectivity index (χ4v) is 1.87. The SMILES string of the molecule is NC1(C(=O)NCCc2cnc[nH]2)CCOCC1. The molecule has 1 saturated heterocycles. The highest BCUT2D eigenvalue weighted by molar-refractivity contribution is 5.86. The molecule has 1 fully saturated rings. The van der Waals surface area contributed by atoms with Gasteiger partial charge in [0.15, 0.2) is 0 Å². The van der Waals surface area contributed by atoms with Crippen LogP contribution in [0.15, 0.2) is 12.5 Å². The van der Waals surface area contributed by atoms with Gasteiger partial charge in [-0.05, 0) is 12.8 Å². The number of rotatable bonds is 4. The van der Waals surface area contributed by atoms with Crippen LogP contribution in [0, 0.1) is 0 Å². The molecule has 0 saturated carbocycles. The van der Waals surface area contributed by atoms with E-state index >= 15 is 0 Å². The van der Waals surface area contributed by atoms with E-state index in [-0.39, 0.29) is 5.91 Å². The molecular formula is C11H18N4O2. The molecule has 1 aromatic rings. The van der Waals surface area contributed by atoms with Gasteiger partial charge in [-0.3, -0.25) is 4.79 Å². The number of carbonyl (C=O) groups is 1. The van der Waals surface area contributed by atoms with Crippen LogP contribution >= 0.6 is 0 Å². The van der Waals surface area contributed by atoms with Crippen LogP contribution in [0.5, 0.6) is 0 Å². The van der Waals surface area contributed by atoms with Gasteiger partial charge < -0.3 is 20.8 Å². The third-order valence-electron chi connectivity index (χ3n) is 3.07. The Morgan fingerprint density at radius 2 is 2.35 bits per heavy atom. The highest BCUT2D eigenvalue weighted by Crippen LogP contribution is 2.17. The molecular weight excluding hydrogens is 220 g/mol. The van der Waals surface area contributed by atoms with E-state index in [0.29, 0.717) is 32.6 Å². The van der Waals surface area contributed by atoms with Gasteiger partial charge in [-0.15, -0.1) is 0 Å². The summed E-state index contributed by atoms with van der Waals surface area (Å²) < 4.78 is 5.21. The molecule has 1 aliphatic heterocycles. The van der Waals surface area contributed by atoms with Crippen LogP contribution in [-0.2, 0) is 16.0 Å². The number of ether oxygens (including phenoxy) is 1. The Morgan fingerprint density at radius 3 is 3.00 bits per heavy atom. The van der Waals surface area contributed by atoms with Gasteiger partial charge >= 0.3 is 0 Å². The number of aromatic nitrogens is 2. The van der Waals surface area contributed by atoms with Crippen molar-refractivity contribution in [3.05, 3.63) is 18.2 Å². The van der Waals surface area contributed by atoms with Gasteiger partial charge in [0.1, 0.15) is 0 Å². The van der Waals surface area contributed by atoms with Gasteiger partial charge in [0, 0.05) is 38.1 Å². The van der Waals surface area contributed by atoms with Crippen molar-refractivity contribution in [1.29, 1.82) is 0 Å². The summed E-state index contributed by atoms with van der Waals surface area (Å²) in [6, 6.07) is 0. The highest BCUT2D eigenvalue weighted by Gasteiger charge is 2.35. The van der Waals surface area contributed by atoms with Crippen molar-refractivity contribution in [2.24, 2.45) is 5.73 Å². The Kier molecular flexibility index (Phi) is 3.75. The standard InChI is InChI=1S/C11H18N4O2/c12-11(2-5-17-6-3-11)10(16)14-4-1-9-7-13-8-15-9/h7-8H,1-6,12H2,(H,13,15)(H,14,16). The van der Waals surface area contributed by atoms with E-state index in [9.17, 15) is 4.79 Å². The summed E-state index contributed by atoms with van der Waals surface area (Å²) in [6.07, 6.45) is 5.28. The molecule has 17 heavy (non-hydrogen) atoms. The van der Waals surface area contributed by atoms with Gasteiger partial charge in [-0.1, -0.05) is 0 Å². The summed E-state index contributed by atoms with van der Waals surface area (Å²) in [5.74, 6) is -0.0830. The molecule has 6 nitrogen and oxygen atoms in total. The van der Waals surface area contributed by atoms with E-state index in [1.54, 1.807) is 12.5 Å². The molecule has 0 aromatic carbocycles. The Labute approximate surface area is 99.9 Å². The molecule has 6 heteroatoms. The number of carbonyl (C=O) groups excluding carboxylic acids is 1. The Morgan fingerprint density at radius 1 is 1.59 bits per heavy atom. The van der Waals surface area contributed by atoms with Crippen molar-refractivity contribution in [2.75, 3.05) is 19.8 Å². The number of nitrogens with one attached hydrogen (secondary N) is 2. The Hall–Kier alpha value is -1.40. The van der Waals surface area contributed by atoms with Crippen molar-refractivity contribution in [3.8, 4) is 0 Å². The third-order valence-corrected chi connectivity index (χ3v) is 3.07. The minimum atomic E-state index is -0.758. The summed E-state index contributed by atoms with van der Waals surface area (Å²) in [7, 11) is 0. The lowest BCUT2D eigenvalue weighted by Gasteiger charge is -2.31. The highest BCUT2D eigenvalue weighted by atomic mass is 16.5. The molecule has 0 radical (unpaired) electrons.